The lowest BCUT2D eigenvalue weighted by atomic mass is 9.69. The van der Waals surface area contributed by atoms with Gasteiger partial charge in [0, 0.05) is 17.5 Å². The molecule has 0 bridgehead atoms. The second-order valence-corrected chi connectivity index (χ2v) is 5.90. The standard InChI is InChI=1S/C16H20F3NO/c1-11-9-12(16(17,18)19)5-6-13(11)14(21)15(10-20)7-3-2-4-8-15/h5-6,9H,2-4,7-8,10,20H2,1H3. The van der Waals surface area contributed by atoms with Crippen molar-refractivity contribution in [1.29, 1.82) is 0 Å². The molecule has 1 saturated carbocycles. The molecule has 0 spiro atoms. The normalized spacial score (nSPS) is 18.5. The summed E-state index contributed by atoms with van der Waals surface area (Å²) < 4.78 is 38.1. The SMILES string of the molecule is Cc1cc(C(F)(F)F)ccc1C(=O)C1(CN)CCCCC1. The Morgan fingerprint density at radius 3 is 2.33 bits per heavy atom. The van der Waals surface area contributed by atoms with Gasteiger partial charge in [0.05, 0.1) is 5.56 Å². The van der Waals surface area contributed by atoms with Crippen LogP contribution in [0, 0.1) is 12.3 Å². The van der Waals surface area contributed by atoms with Crippen LogP contribution in [0.15, 0.2) is 18.2 Å². The summed E-state index contributed by atoms with van der Waals surface area (Å²) in [6.45, 7) is 1.81. The smallest absolute Gasteiger partial charge is 0.329 e. The van der Waals surface area contributed by atoms with Crippen LogP contribution < -0.4 is 5.73 Å². The van der Waals surface area contributed by atoms with Crippen molar-refractivity contribution in [2.24, 2.45) is 11.1 Å². The largest absolute Gasteiger partial charge is 0.416 e. The molecule has 2 nitrogen and oxygen atoms in total. The van der Waals surface area contributed by atoms with Crippen LogP contribution >= 0.6 is 0 Å². The fourth-order valence-corrected chi connectivity index (χ4v) is 3.13. The molecule has 0 unspecified atom stereocenters. The second kappa shape index (κ2) is 5.79. The van der Waals surface area contributed by atoms with Crippen LogP contribution in [-0.2, 0) is 6.18 Å². The van der Waals surface area contributed by atoms with E-state index in [9.17, 15) is 18.0 Å². The predicted octanol–water partition coefficient (Wildman–Crippen LogP) is 4.11. The summed E-state index contributed by atoms with van der Waals surface area (Å²) in [5, 5.41) is 0. The highest BCUT2D eigenvalue weighted by Crippen LogP contribution is 2.39. The predicted molar refractivity (Wildman–Crippen MR) is 75.1 cm³/mol. The Morgan fingerprint density at radius 2 is 1.86 bits per heavy atom. The Balaban J connectivity index is 2.35. The summed E-state index contributed by atoms with van der Waals surface area (Å²) in [4.78, 5) is 12.8. The fourth-order valence-electron chi connectivity index (χ4n) is 3.13. The number of hydrogen-bond acceptors (Lipinski definition) is 2. The molecule has 5 heteroatoms. The van der Waals surface area contributed by atoms with Gasteiger partial charge in [-0.15, -0.1) is 0 Å². The molecule has 1 fully saturated rings. The van der Waals surface area contributed by atoms with E-state index in [0.29, 0.717) is 11.1 Å². The van der Waals surface area contributed by atoms with Crippen molar-refractivity contribution >= 4 is 5.78 Å². The Bertz CT molecular complexity index is 531. The van der Waals surface area contributed by atoms with Gasteiger partial charge < -0.3 is 5.73 Å². The van der Waals surface area contributed by atoms with Crippen LogP contribution in [0.4, 0.5) is 13.2 Å². The third-order valence-corrected chi connectivity index (χ3v) is 4.48. The van der Waals surface area contributed by atoms with Crippen molar-refractivity contribution < 1.29 is 18.0 Å². The minimum Gasteiger partial charge on any atom is -0.329 e. The van der Waals surface area contributed by atoms with E-state index in [2.05, 4.69) is 0 Å². The van der Waals surface area contributed by atoms with Crippen LogP contribution in [0.5, 0.6) is 0 Å². The molecule has 2 N–H and O–H groups in total. The molecule has 0 heterocycles. The minimum absolute atomic E-state index is 0.101. The van der Waals surface area contributed by atoms with Crippen LogP contribution in [0.3, 0.4) is 0 Å². The number of aryl methyl sites for hydroxylation is 1. The van der Waals surface area contributed by atoms with Crippen LogP contribution in [-0.4, -0.2) is 12.3 Å². The number of rotatable bonds is 3. The summed E-state index contributed by atoms with van der Waals surface area (Å²) in [6, 6.07) is 3.32. The molecule has 1 aromatic carbocycles. The third kappa shape index (κ3) is 3.12. The third-order valence-electron chi connectivity index (χ3n) is 4.48. The monoisotopic (exact) mass is 299 g/mol. The zero-order valence-corrected chi connectivity index (χ0v) is 12.1. The van der Waals surface area contributed by atoms with E-state index in [0.717, 1.165) is 44.2 Å². The Labute approximate surface area is 122 Å². The molecule has 0 amide bonds. The Morgan fingerprint density at radius 1 is 1.24 bits per heavy atom. The molecule has 0 aromatic heterocycles. The average Bonchev–Trinajstić information content (AvgIpc) is 2.46. The zero-order chi connectivity index (χ0) is 15.7. The van der Waals surface area contributed by atoms with E-state index in [1.54, 1.807) is 6.92 Å². The minimum atomic E-state index is -4.39. The average molecular weight is 299 g/mol. The maximum Gasteiger partial charge on any atom is 0.416 e. The Kier molecular flexibility index (Phi) is 4.42. The molecule has 116 valence electrons. The van der Waals surface area contributed by atoms with Crippen molar-refractivity contribution in [2.75, 3.05) is 6.54 Å². The highest BCUT2D eigenvalue weighted by Gasteiger charge is 2.39. The molecule has 0 aliphatic heterocycles. The second-order valence-electron chi connectivity index (χ2n) is 5.90. The molecule has 2 rings (SSSR count). The summed E-state index contributed by atoms with van der Waals surface area (Å²) in [5.41, 5.74) is 5.25. The van der Waals surface area contributed by atoms with Crippen LogP contribution in [0.1, 0.15) is 53.6 Å². The molecular formula is C16H20F3NO. The summed E-state index contributed by atoms with van der Waals surface area (Å²) in [5.74, 6) is -0.101. The summed E-state index contributed by atoms with van der Waals surface area (Å²) >= 11 is 0. The van der Waals surface area contributed by atoms with Gasteiger partial charge in [-0.25, -0.2) is 0 Å². The highest BCUT2D eigenvalue weighted by molar-refractivity contribution is 6.02. The van der Waals surface area contributed by atoms with E-state index >= 15 is 0 Å². The number of Topliss-reactive ketones (excluding diaryl/α,β-unsaturated/α-hetero) is 1. The number of nitrogens with two attached hydrogens (primary N) is 1. The lowest BCUT2D eigenvalue weighted by Crippen LogP contribution is -2.40. The first-order valence-electron chi connectivity index (χ1n) is 7.23. The number of alkyl halides is 3. The number of carbonyl (C=O) groups excluding carboxylic acids is 1. The van der Waals surface area contributed by atoms with Crippen LogP contribution in [0.25, 0.3) is 0 Å². The van der Waals surface area contributed by atoms with Crippen molar-refractivity contribution in [3.05, 3.63) is 34.9 Å². The molecule has 1 aliphatic rings. The van der Waals surface area contributed by atoms with Crippen molar-refractivity contribution in [2.45, 2.75) is 45.2 Å². The number of benzene rings is 1. The molecule has 0 radical (unpaired) electrons. The molecule has 1 aliphatic carbocycles. The van der Waals surface area contributed by atoms with E-state index in [4.69, 9.17) is 5.73 Å². The highest BCUT2D eigenvalue weighted by atomic mass is 19.4. The van der Waals surface area contributed by atoms with Gasteiger partial charge in [-0.2, -0.15) is 13.2 Å². The Hall–Kier alpha value is -1.36. The first kappa shape index (κ1) is 16.0. The van der Waals surface area contributed by atoms with E-state index in [1.807, 2.05) is 0 Å². The maximum atomic E-state index is 12.8. The van der Waals surface area contributed by atoms with Gasteiger partial charge in [-0.1, -0.05) is 25.3 Å². The van der Waals surface area contributed by atoms with Gasteiger partial charge in [0.25, 0.3) is 0 Å². The van der Waals surface area contributed by atoms with Crippen molar-refractivity contribution in [3.63, 3.8) is 0 Å². The van der Waals surface area contributed by atoms with Gasteiger partial charge in [0.2, 0.25) is 0 Å². The van der Waals surface area contributed by atoms with Gasteiger partial charge in [-0.3, -0.25) is 4.79 Å². The molecule has 21 heavy (non-hydrogen) atoms. The maximum absolute atomic E-state index is 12.8. The number of halogens is 3. The van der Waals surface area contributed by atoms with Gasteiger partial charge in [0.1, 0.15) is 0 Å². The van der Waals surface area contributed by atoms with E-state index in [-0.39, 0.29) is 12.3 Å². The molecule has 0 atom stereocenters. The van der Waals surface area contributed by atoms with Gasteiger partial charge >= 0.3 is 6.18 Å². The molecular weight excluding hydrogens is 279 g/mol. The quantitative estimate of drug-likeness (QED) is 0.854. The first-order chi connectivity index (χ1) is 9.80. The lowest BCUT2D eigenvalue weighted by molar-refractivity contribution is -0.137. The van der Waals surface area contributed by atoms with Gasteiger partial charge in [0.15, 0.2) is 5.78 Å². The van der Waals surface area contributed by atoms with E-state index < -0.39 is 17.2 Å². The van der Waals surface area contributed by atoms with Gasteiger partial charge in [-0.05, 0) is 37.5 Å². The topological polar surface area (TPSA) is 43.1 Å². The molecule has 1 aromatic rings. The van der Waals surface area contributed by atoms with Crippen molar-refractivity contribution in [1.82, 2.24) is 0 Å². The summed E-state index contributed by atoms with van der Waals surface area (Å²) in [7, 11) is 0. The van der Waals surface area contributed by atoms with E-state index in [1.165, 1.54) is 6.07 Å². The number of hydrogen-bond donors (Lipinski definition) is 1. The fraction of sp³-hybridized carbons (Fsp3) is 0.562. The zero-order valence-electron chi connectivity index (χ0n) is 12.1. The van der Waals surface area contributed by atoms with Crippen LogP contribution in [0.2, 0.25) is 0 Å². The number of carbonyl (C=O) groups is 1. The summed E-state index contributed by atoms with van der Waals surface area (Å²) in [6.07, 6.45) is 0.0423. The van der Waals surface area contributed by atoms with Crippen molar-refractivity contribution in [3.8, 4) is 0 Å². The molecule has 0 saturated heterocycles. The first-order valence-corrected chi connectivity index (χ1v) is 7.23. The number of ketones is 1. The lowest BCUT2D eigenvalue weighted by Gasteiger charge is -2.35.